The standard InChI is InChI=1S/C19H30N4O2.2C2HF3O2/c1-15-10-21-18(22-11-15)20-6-2-17-5-9-25-19(17)13-23(14-19)12-16-3-7-24-8-4-16;2*3-2(4,5)1(6)7/h10-11,16-17H,2-9,12-14H2,1H3,(H,20,21,22);2*(H,6,7). The average molecular weight is 575 g/mol. The molecule has 0 radical (unpaired) electrons. The molecule has 3 N–H and O–H groups in total. The highest BCUT2D eigenvalue weighted by atomic mass is 19.4. The van der Waals surface area contributed by atoms with E-state index < -0.39 is 24.3 Å². The zero-order valence-corrected chi connectivity index (χ0v) is 21.2. The van der Waals surface area contributed by atoms with Gasteiger partial charge in [-0.15, -0.1) is 0 Å². The largest absolute Gasteiger partial charge is 0.490 e. The fourth-order valence-corrected chi connectivity index (χ4v) is 4.52. The minimum absolute atomic E-state index is 0.112. The van der Waals surface area contributed by atoms with Crippen molar-refractivity contribution in [2.75, 3.05) is 51.3 Å². The number of likely N-dealkylation sites (tertiary alicyclic amines) is 1. The number of carboxylic acid groups (broad SMARTS) is 2. The van der Waals surface area contributed by atoms with E-state index in [2.05, 4.69) is 20.2 Å². The number of nitrogens with zero attached hydrogens (tertiary/aromatic N) is 3. The van der Waals surface area contributed by atoms with E-state index in [0.29, 0.717) is 5.92 Å². The predicted octanol–water partition coefficient (Wildman–Crippen LogP) is 3.37. The highest BCUT2D eigenvalue weighted by Gasteiger charge is 2.52. The highest BCUT2D eigenvalue weighted by molar-refractivity contribution is 5.73. The molecule has 3 aliphatic rings. The monoisotopic (exact) mass is 574 g/mol. The summed E-state index contributed by atoms with van der Waals surface area (Å²) >= 11 is 0. The van der Waals surface area contributed by atoms with E-state index >= 15 is 0 Å². The number of anilines is 1. The Bertz CT molecular complexity index is 895. The van der Waals surface area contributed by atoms with Crippen LogP contribution >= 0.6 is 0 Å². The normalized spacial score (nSPS) is 21.2. The van der Waals surface area contributed by atoms with E-state index in [9.17, 15) is 26.3 Å². The number of carbonyl (C=O) groups is 2. The first-order chi connectivity index (χ1) is 18.1. The maximum absolute atomic E-state index is 10.6. The van der Waals surface area contributed by atoms with Gasteiger partial charge < -0.3 is 25.0 Å². The summed E-state index contributed by atoms with van der Waals surface area (Å²) in [4.78, 5) is 29.0. The molecule has 0 saturated carbocycles. The van der Waals surface area contributed by atoms with E-state index in [1.54, 1.807) is 0 Å². The van der Waals surface area contributed by atoms with Gasteiger partial charge in [0.05, 0.1) is 5.60 Å². The molecular weight excluding hydrogens is 542 g/mol. The summed E-state index contributed by atoms with van der Waals surface area (Å²) in [5.41, 5.74) is 1.20. The van der Waals surface area contributed by atoms with Gasteiger partial charge in [0.1, 0.15) is 0 Å². The number of alkyl halides is 6. The van der Waals surface area contributed by atoms with Crippen LogP contribution in [0.2, 0.25) is 0 Å². The third kappa shape index (κ3) is 10.8. The quantitative estimate of drug-likeness (QED) is 0.434. The molecule has 16 heteroatoms. The molecule has 0 aromatic carbocycles. The Hall–Kier alpha value is -2.72. The number of hydrogen-bond donors (Lipinski definition) is 3. The molecule has 4 heterocycles. The first-order valence-corrected chi connectivity index (χ1v) is 12.2. The predicted molar refractivity (Wildman–Crippen MR) is 124 cm³/mol. The zero-order chi connectivity index (χ0) is 29.3. The number of aromatic nitrogens is 2. The van der Waals surface area contributed by atoms with Crippen LogP contribution in [0.3, 0.4) is 0 Å². The smallest absolute Gasteiger partial charge is 0.475 e. The van der Waals surface area contributed by atoms with Crippen LogP contribution in [-0.2, 0) is 19.1 Å². The van der Waals surface area contributed by atoms with Gasteiger partial charge in [0.15, 0.2) is 0 Å². The average Bonchev–Trinajstić information content (AvgIpc) is 3.24. The van der Waals surface area contributed by atoms with Crippen molar-refractivity contribution < 1.29 is 55.6 Å². The summed E-state index contributed by atoms with van der Waals surface area (Å²) in [5, 5.41) is 17.6. The van der Waals surface area contributed by atoms with Crippen LogP contribution in [0.4, 0.5) is 32.3 Å². The van der Waals surface area contributed by atoms with Crippen molar-refractivity contribution in [2.24, 2.45) is 11.8 Å². The van der Waals surface area contributed by atoms with Crippen LogP contribution in [-0.4, -0.2) is 101 Å². The van der Waals surface area contributed by atoms with Gasteiger partial charge >= 0.3 is 24.3 Å². The summed E-state index contributed by atoms with van der Waals surface area (Å²) < 4.78 is 75.1. The summed E-state index contributed by atoms with van der Waals surface area (Å²) in [6.45, 7) is 9.15. The summed E-state index contributed by atoms with van der Waals surface area (Å²) in [7, 11) is 0. The molecule has 1 aromatic heterocycles. The summed E-state index contributed by atoms with van der Waals surface area (Å²) in [6, 6.07) is 0. The fraction of sp³-hybridized carbons (Fsp3) is 0.739. The second-order valence-electron chi connectivity index (χ2n) is 9.53. The maximum atomic E-state index is 10.6. The van der Waals surface area contributed by atoms with E-state index in [1.807, 2.05) is 19.3 Å². The number of hydrogen-bond acceptors (Lipinski definition) is 8. The van der Waals surface area contributed by atoms with Gasteiger partial charge in [-0.25, -0.2) is 19.6 Å². The van der Waals surface area contributed by atoms with E-state index in [-0.39, 0.29) is 5.60 Å². The lowest BCUT2D eigenvalue weighted by Gasteiger charge is -2.51. The van der Waals surface area contributed by atoms with Gasteiger partial charge in [0.25, 0.3) is 0 Å². The Balaban J connectivity index is 0.000000317. The first kappa shape index (κ1) is 32.5. The number of aryl methyl sites for hydroxylation is 1. The lowest BCUT2D eigenvalue weighted by molar-refractivity contribution is -0.193. The fourth-order valence-electron chi connectivity index (χ4n) is 4.52. The lowest BCUT2D eigenvalue weighted by Crippen LogP contribution is -2.65. The maximum Gasteiger partial charge on any atom is 0.490 e. The summed E-state index contributed by atoms with van der Waals surface area (Å²) in [5.74, 6) is -3.32. The number of carboxylic acids is 2. The lowest BCUT2D eigenvalue weighted by atomic mass is 9.78. The van der Waals surface area contributed by atoms with Gasteiger partial charge in [-0.2, -0.15) is 26.3 Å². The first-order valence-electron chi connectivity index (χ1n) is 12.2. The number of nitrogens with one attached hydrogen (secondary N) is 1. The Morgan fingerprint density at radius 1 is 1.00 bits per heavy atom. The van der Waals surface area contributed by atoms with E-state index in [0.717, 1.165) is 63.3 Å². The molecule has 0 aliphatic carbocycles. The minimum Gasteiger partial charge on any atom is -0.475 e. The van der Waals surface area contributed by atoms with Crippen molar-refractivity contribution >= 4 is 17.9 Å². The molecule has 1 aromatic rings. The molecule has 4 rings (SSSR count). The van der Waals surface area contributed by atoms with Crippen molar-refractivity contribution in [1.29, 1.82) is 0 Å². The SMILES string of the molecule is Cc1cnc(NCCC2CCOC23CN(CC2CCOCC2)C3)nc1.O=C(O)C(F)(F)F.O=C(O)C(F)(F)F. The van der Waals surface area contributed by atoms with E-state index in [4.69, 9.17) is 29.3 Å². The van der Waals surface area contributed by atoms with Crippen LogP contribution < -0.4 is 5.32 Å². The number of ether oxygens (including phenoxy) is 2. The van der Waals surface area contributed by atoms with Crippen molar-refractivity contribution in [2.45, 2.75) is 50.6 Å². The Morgan fingerprint density at radius 2 is 1.51 bits per heavy atom. The Labute approximate surface area is 220 Å². The molecule has 1 unspecified atom stereocenters. The highest BCUT2D eigenvalue weighted by Crippen LogP contribution is 2.42. The van der Waals surface area contributed by atoms with Crippen LogP contribution in [0.15, 0.2) is 12.4 Å². The number of halogens is 6. The van der Waals surface area contributed by atoms with Gasteiger partial charge in [0.2, 0.25) is 5.95 Å². The second-order valence-corrected chi connectivity index (χ2v) is 9.53. The molecule has 3 aliphatic heterocycles. The molecule has 3 fully saturated rings. The van der Waals surface area contributed by atoms with Crippen LogP contribution in [0.25, 0.3) is 0 Å². The van der Waals surface area contributed by atoms with Crippen molar-refractivity contribution in [1.82, 2.24) is 14.9 Å². The number of rotatable bonds is 6. The van der Waals surface area contributed by atoms with E-state index in [1.165, 1.54) is 25.8 Å². The van der Waals surface area contributed by atoms with Crippen molar-refractivity contribution in [3.05, 3.63) is 18.0 Å². The van der Waals surface area contributed by atoms with Gasteiger partial charge in [-0.3, -0.25) is 4.90 Å². The third-order valence-electron chi connectivity index (χ3n) is 6.48. The third-order valence-corrected chi connectivity index (χ3v) is 6.48. The van der Waals surface area contributed by atoms with Crippen molar-refractivity contribution in [3.63, 3.8) is 0 Å². The Kier molecular flexibility index (Phi) is 11.7. The molecular formula is C23H32F6N4O6. The Morgan fingerprint density at radius 3 is 2.00 bits per heavy atom. The molecule has 222 valence electrons. The zero-order valence-electron chi connectivity index (χ0n) is 21.2. The van der Waals surface area contributed by atoms with Gasteiger partial charge in [0, 0.05) is 58.4 Å². The topological polar surface area (TPSA) is 134 Å². The van der Waals surface area contributed by atoms with Crippen molar-refractivity contribution in [3.8, 4) is 0 Å². The molecule has 1 spiro atoms. The molecule has 10 nitrogen and oxygen atoms in total. The molecule has 3 saturated heterocycles. The minimum atomic E-state index is -5.08. The van der Waals surface area contributed by atoms with Gasteiger partial charge in [-0.05, 0) is 50.0 Å². The van der Waals surface area contributed by atoms with Gasteiger partial charge in [-0.1, -0.05) is 0 Å². The van der Waals surface area contributed by atoms with Crippen LogP contribution in [0.1, 0.15) is 31.2 Å². The molecule has 39 heavy (non-hydrogen) atoms. The summed E-state index contributed by atoms with van der Waals surface area (Å²) in [6.07, 6.45) is -1.71. The molecule has 0 bridgehead atoms. The second kappa shape index (κ2) is 14.1. The van der Waals surface area contributed by atoms with Crippen LogP contribution in [0, 0.1) is 18.8 Å². The number of aliphatic carboxylic acids is 2. The molecule has 1 atom stereocenters. The molecule has 0 amide bonds. The van der Waals surface area contributed by atoms with Crippen LogP contribution in [0.5, 0.6) is 0 Å².